The molecular formula is C14H13NO6S. The Balaban J connectivity index is 2.29. The summed E-state index contributed by atoms with van der Waals surface area (Å²) in [5, 5.41) is 9.42. The summed E-state index contributed by atoms with van der Waals surface area (Å²) in [6.45, 7) is -0.442. The van der Waals surface area contributed by atoms with Crippen LogP contribution in [0.3, 0.4) is 0 Å². The van der Waals surface area contributed by atoms with Crippen LogP contribution in [-0.4, -0.2) is 47.9 Å². The molecule has 0 bridgehead atoms. The number of phenolic OH excluding ortho intramolecular Hbond substituents is 1. The molecule has 7 nitrogen and oxygen atoms in total. The molecular weight excluding hydrogens is 310 g/mol. The normalized spacial score (nSPS) is 16.3. The van der Waals surface area contributed by atoms with Crippen molar-refractivity contribution in [1.82, 2.24) is 4.90 Å². The molecule has 1 aromatic carbocycles. The van der Waals surface area contributed by atoms with E-state index in [-0.39, 0.29) is 16.4 Å². The highest BCUT2D eigenvalue weighted by molar-refractivity contribution is 8.18. The van der Waals surface area contributed by atoms with E-state index in [1.807, 2.05) is 0 Å². The minimum Gasteiger partial charge on any atom is -0.504 e. The van der Waals surface area contributed by atoms with E-state index in [9.17, 15) is 19.5 Å². The lowest BCUT2D eigenvalue weighted by Crippen LogP contribution is -2.34. The second-order valence-electron chi connectivity index (χ2n) is 4.24. The summed E-state index contributed by atoms with van der Waals surface area (Å²) in [6.07, 6.45) is 1.38. The maximum atomic E-state index is 12.1. The van der Waals surface area contributed by atoms with Crippen LogP contribution >= 0.6 is 11.8 Å². The van der Waals surface area contributed by atoms with Crippen molar-refractivity contribution >= 4 is 35.0 Å². The monoisotopic (exact) mass is 323 g/mol. The fraction of sp³-hybridized carbons (Fsp3) is 0.214. The van der Waals surface area contributed by atoms with Crippen LogP contribution in [0.4, 0.5) is 4.79 Å². The lowest BCUT2D eigenvalue weighted by molar-refractivity contribution is -0.143. The molecule has 1 fully saturated rings. The molecule has 0 aromatic heterocycles. The van der Waals surface area contributed by atoms with E-state index >= 15 is 0 Å². The maximum absolute atomic E-state index is 12.1. The van der Waals surface area contributed by atoms with Crippen LogP contribution in [0, 0.1) is 0 Å². The number of amides is 2. The van der Waals surface area contributed by atoms with Gasteiger partial charge in [0.2, 0.25) is 0 Å². The average Bonchev–Trinajstić information content (AvgIpc) is 2.76. The van der Waals surface area contributed by atoms with Gasteiger partial charge in [0, 0.05) is 5.56 Å². The van der Waals surface area contributed by atoms with Crippen LogP contribution in [0.25, 0.3) is 6.08 Å². The molecule has 0 radical (unpaired) electrons. The van der Waals surface area contributed by atoms with E-state index in [0.717, 1.165) is 4.90 Å². The van der Waals surface area contributed by atoms with Crippen molar-refractivity contribution in [2.45, 2.75) is 0 Å². The lowest BCUT2D eigenvalue weighted by atomic mass is 10.1. The van der Waals surface area contributed by atoms with Crippen molar-refractivity contribution in [1.29, 1.82) is 0 Å². The van der Waals surface area contributed by atoms with Gasteiger partial charge >= 0.3 is 5.97 Å². The highest BCUT2D eigenvalue weighted by atomic mass is 32.2. The third-order valence-electron chi connectivity index (χ3n) is 2.93. The van der Waals surface area contributed by atoms with E-state index in [1.165, 1.54) is 20.3 Å². The van der Waals surface area contributed by atoms with Gasteiger partial charge in [0.1, 0.15) is 6.54 Å². The van der Waals surface area contributed by atoms with Crippen molar-refractivity contribution in [3.63, 3.8) is 0 Å². The Labute approximate surface area is 130 Å². The Morgan fingerprint density at radius 2 is 2.09 bits per heavy atom. The number of rotatable bonds is 4. The standard InChI is InChI=1S/C14H13NO6S/c1-20-9-5-3-4-8(12(9)17)6-10-13(18)15(14(19)22-10)7-11(16)21-2/h3-6,17H,7H2,1-2H3/b10-6-. The smallest absolute Gasteiger partial charge is 0.325 e. The number of carbonyl (C=O) groups excluding carboxylic acids is 3. The average molecular weight is 323 g/mol. The lowest BCUT2D eigenvalue weighted by Gasteiger charge is -2.10. The molecule has 116 valence electrons. The maximum Gasteiger partial charge on any atom is 0.325 e. The molecule has 8 heteroatoms. The first-order valence-electron chi connectivity index (χ1n) is 6.16. The molecule has 1 saturated heterocycles. The topological polar surface area (TPSA) is 93.1 Å². The molecule has 1 heterocycles. The first-order valence-corrected chi connectivity index (χ1v) is 6.97. The number of aromatic hydroxyl groups is 1. The molecule has 1 aliphatic heterocycles. The molecule has 1 aliphatic rings. The second-order valence-corrected chi connectivity index (χ2v) is 5.24. The van der Waals surface area contributed by atoms with Crippen LogP contribution in [-0.2, 0) is 14.3 Å². The molecule has 2 rings (SSSR count). The zero-order valence-electron chi connectivity index (χ0n) is 11.9. The number of esters is 1. The first-order chi connectivity index (χ1) is 10.5. The molecule has 1 aromatic rings. The zero-order chi connectivity index (χ0) is 16.3. The fourth-order valence-corrected chi connectivity index (χ4v) is 2.62. The number of ether oxygens (including phenoxy) is 2. The number of phenols is 1. The van der Waals surface area contributed by atoms with Crippen molar-refractivity contribution in [2.75, 3.05) is 20.8 Å². The molecule has 2 amide bonds. The molecule has 22 heavy (non-hydrogen) atoms. The van der Waals surface area contributed by atoms with Crippen molar-refractivity contribution < 1.29 is 29.0 Å². The molecule has 0 unspecified atom stereocenters. The number of thioether (sulfide) groups is 1. The number of carbonyl (C=O) groups is 3. The minimum atomic E-state index is -0.687. The Kier molecular flexibility index (Phi) is 4.71. The van der Waals surface area contributed by atoms with Crippen molar-refractivity contribution in [3.05, 3.63) is 28.7 Å². The van der Waals surface area contributed by atoms with Gasteiger partial charge in [0.05, 0.1) is 19.1 Å². The summed E-state index contributed by atoms with van der Waals surface area (Å²) < 4.78 is 9.42. The SMILES string of the molecule is COC(=O)CN1C(=O)S/C(=C\c2cccc(OC)c2O)C1=O. The predicted octanol–water partition coefficient (Wildman–Crippen LogP) is 1.61. The van der Waals surface area contributed by atoms with Crippen LogP contribution in [0.1, 0.15) is 5.56 Å². The third-order valence-corrected chi connectivity index (χ3v) is 3.83. The summed E-state index contributed by atoms with van der Waals surface area (Å²) in [5.41, 5.74) is 0.336. The van der Waals surface area contributed by atoms with E-state index in [4.69, 9.17) is 4.74 Å². The predicted molar refractivity (Wildman–Crippen MR) is 79.4 cm³/mol. The summed E-state index contributed by atoms with van der Waals surface area (Å²) in [4.78, 5) is 36.0. The number of hydrogen-bond acceptors (Lipinski definition) is 7. The summed E-state index contributed by atoms with van der Waals surface area (Å²) in [6, 6.07) is 4.78. The Morgan fingerprint density at radius 1 is 1.36 bits per heavy atom. The Hall–Kier alpha value is -2.48. The number of nitrogens with zero attached hydrogens (tertiary/aromatic N) is 1. The first kappa shape index (κ1) is 15.9. The number of para-hydroxylation sites is 1. The fourth-order valence-electron chi connectivity index (χ4n) is 1.79. The Morgan fingerprint density at radius 3 is 2.73 bits per heavy atom. The van der Waals surface area contributed by atoms with E-state index < -0.39 is 23.7 Å². The van der Waals surface area contributed by atoms with Gasteiger partial charge in [-0.3, -0.25) is 19.3 Å². The summed E-state index contributed by atoms with van der Waals surface area (Å²) >= 11 is 0.690. The van der Waals surface area contributed by atoms with Gasteiger partial charge in [-0.15, -0.1) is 0 Å². The van der Waals surface area contributed by atoms with Gasteiger partial charge in [-0.2, -0.15) is 0 Å². The minimum absolute atomic E-state index is 0.109. The zero-order valence-corrected chi connectivity index (χ0v) is 12.7. The largest absolute Gasteiger partial charge is 0.504 e. The molecule has 0 atom stereocenters. The van der Waals surface area contributed by atoms with Crippen LogP contribution in [0.2, 0.25) is 0 Å². The van der Waals surface area contributed by atoms with E-state index in [2.05, 4.69) is 4.74 Å². The number of methoxy groups -OCH3 is 2. The second kappa shape index (κ2) is 6.52. The van der Waals surface area contributed by atoms with Gasteiger partial charge in [0.15, 0.2) is 11.5 Å². The van der Waals surface area contributed by atoms with Gasteiger partial charge in [-0.1, -0.05) is 12.1 Å². The number of hydrogen-bond donors (Lipinski definition) is 1. The summed E-state index contributed by atoms with van der Waals surface area (Å²) in [5.74, 6) is -1.18. The highest BCUT2D eigenvalue weighted by Crippen LogP contribution is 2.36. The summed E-state index contributed by atoms with van der Waals surface area (Å²) in [7, 11) is 2.58. The molecule has 0 spiro atoms. The van der Waals surface area contributed by atoms with Crippen LogP contribution < -0.4 is 4.74 Å². The van der Waals surface area contributed by atoms with Gasteiger partial charge < -0.3 is 14.6 Å². The number of imide groups is 1. The van der Waals surface area contributed by atoms with Crippen molar-refractivity contribution in [2.24, 2.45) is 0 Å². The van der Waals surface area contributed by atoms with Crippen molar-refractivity contribution in [3.8, 4) is 11.5 Å². The highest BCUT2D eigenvalue weighted by Gasteiger charge is 2.36. The molecule has 0 aliphatic carbocycles. The molecule has 1 N–H and O–H groups in total. The number of benzene rings is 1. The van der Waals surface area contributed by atoms with E-state index in [1.54, 1.807) is 18.2 Å². The van der Waals surface area contributed by atoms with Crippen LogP contribution in [0.15, 0.2) is 23.1 Å². The quantitative estimate of drug-likeness (QED) is 0.664. The van der Waals surface area contributed by atoms with Gasteiger partial charge in [-0.25, -0.2) is 0 Å². The van der Waals surface area contributed by atoms with Crippen LogP contribution in [0.5, 0.6) is 11.5 Å². The Bertz CT molecular complexity index is 669. The van der Waals surface area contributed by atoms with E-state index in [0.29, 0.717) is 17.3 Å². The van der Waals surface area contributed by atoms with Gasteiger partial charge in [0.25, 0.3) is 11.1 Å². The molecule has 0 saturated carbocycles. The third kappa shape index (κ3) is 3.06. The van der Waals surface area contributed by atoms with Gasteiger partial charge in [-0.05, 0) is 23.9 Å².